The molecule has 1 aliphatic rings. The molecule has 0 radical (unpaired) electrons. The Hall–Kier alpha value is -1.14. The first-order chi connectivity index (χ1) is 10.5. The molecule has 3 rings (SSSR count). The van der Waals surface area contributed by atoms with Crippen molar-refractivity contribution in [2.45, 2.75) is 19.4 Å². The number of benzene rings is 1. The summed E-state index contributed by atoms with van der Waals surface area (Å²) in [5, 5.41) is 0. The molecular formula is C16H16ClNO2S2. The Morgan fingerprint density at radius 1 is 1.18 bits per heavy atom. The third-order valence-corrected chi connectivity index (χ3v) is 6.91. The number of halogens is 1. The number of aryl methyl sites for hydroxylation is 1. The molecule has 1 aromatic heterocycles. The SMILES string of the molecule is CN(Cc1ccc(Cl)s1)S(=O)(=O)C1=Cc2ccccc2CC1. The molecule has 1 aliphatic carbocycles. The molecule has 0 atom stereocenters. The van der Waals surface area contributed by atoms with Gasteiger partial charge < -0.3 is 0 Å². The minimum absolute atomic E-state index is 0.346. The molecule has 1 heterocycles. The van der Waals surface area contributed by atoms with Crippen LogP contribution in [0.5, 0.6) is 0 Å². The summed E-state index contributed by atoms with van der Waals surface area (Å²) in [4.78, 5) is 1.42. The standard InChI is InChI=1S/C16H16ClNO2S2/c1-18(11-14-7-9-16(17)21-14)22(19,20)15-8-6-12-4-2-3-5-13(12)10-15/h2-5,7,9-10H,6,8,11H2,1H3. The van der Waals surface area contributed by atoms with E-state index in [-0.39, 0.29) is 0 Å². The van der Waals surface area contributed by atoms with Crippen LogP contribution in [0.15, 0.2) is 41.3 Å². The molecule has 0 amide bonds. The van der Waals surface area contributed by atoms with E-state index in [0.717, 1.165) is 16.9 Å². The minimum atomic E-state index is -3.44. The van der Waals surface area contributed by atoms with Crippen LogP contribution in [0.4, 0.5) is 0 Å². The number of sulfonamides is 1. The molecule has 0 fully saturated rings. The zero-order chi connectivity index (χ0) is 15.7. The fourth-order valence-corrected chi connectivity index (χ4v) is 5.12. The quantitative estimate of drug-likeness (QED) is 0.828. The molecule has 0 saturated carbocycles. The fourth-order valence-electron chi connectivity index (χ4n) is 2.55. The first kappa shape index (κ1) is 15.7. The summed E-state index contributed by atoms with van der Waals surface area (Å²) >= 11 is 7.31. The van der Waals surface area contributed by atoms with Crippen LogP contribution in [0, 0.1) is 0 Å². The topological polar surface area (TPSA) is 37.4 Å². The van der Waals surface area contributed by atoms with Crippen LogP contribution in [0.1, 0.15) is 22.4 Å². The van der Waals surface area contributed by atoms with Crippen LogP contribution >= 0.6 is 22.9 Å². The van der Waals surface area contributed by atoms with Crippen LogP contribution < -0.4 is 0 Å². The number of hydrogen-bond acceptors (Lipinski definition) is 3. The monoisotopic (exact) mass is 353 g/mol. The number of fused-ring (bicyclic) bond motifs is 1. The van der Waals surface area contributed by atoms with Crippen LogP contribution in [0.3, 0.4) is 0 Å². The predicted molar refractivity (Wildman–Crippen MR) is 92.5 cm³/mol. The number of thiophene rings is 1. The Morgan fingerprint density at radius 3 is 2.68 bits per heavy atom. The van der Waals surface area contributed by atoms with Gasteiger partial charge in [-0.3, -0.25) is 0 Å². The van der Waals surface area contributed by atoms with Gasteiger partial charge in [-0.15, -0.1) is 11.3 Å². The van der Waals surface area contributed by atoms with Crippen LogP contribution in [0.25, 0.3) is 6.08 Å². The van der Waals surface area contributed by atoms with Crippen molar-refractivity contribution in [1.82, 2.24) is 4.31 Å². The van der Waals surface area contributed by atoms with Gasteiger partial charge >= 0.3 is 0 Å². The van der Waals surface area contributed by atoms with Crippen molar-refractivity contribution in [1.29, 1.82) is 0 Å². The Bertz CT molecular complexity index is 824. The predicted octanol–water partition coefficient (Wildman–Crippen LogP) is 4.15. The third kappa shape index (κ3) is 3.13. The van der Waals surface area contributed by atoms with Gasteiger partial charge in [-0.05, 0) is 42.2 Å². The normalized spacial score (nSPS) is 14.8. The average molecular weight is 354 g/mol. The average Bonchev–Trinajstić information content (AvgIpc) is 2.91. The zero-order valence-electron chi connectivity index (χ0n) is 12.1. The molecule has 116 valence electrons. The lowest BCUT2D eigenvalue weighted by Crippen LogP contribution is -2.28. The van der Waals surface area contributed by atoms with Crippen LogP contribution in [0.2, 0.25) is 4.34 Å². The van der Waals surface area contributed by atoms with Crippen LogP contribution in [-0.4, -0.2) is 19.8 Å². The zero-order valence-corrected chi connectivity index (χ0v) is 14.5. The molecule has 2 aromatic rings. The molecular weight excluding hydrogens is 338 g/mol. The van der Waals surface area contributed by atoms with Crippen molar-refractivity contribution < 1.29 is 8.42 Å². The second-order valence-electron chi connectivity index (χ2n) is 5.28. The molecule has 3 nitrogen and oxygen atoms in total. The van der Waals surface area contributed by atoms with Gasteiger partial charge in [0.25, 0.3) is 0 Å². The van der Waals surface area contributed by atoms with Crippen molar-refractivity contribution in [2.75, 3.05) is 7.05 Å². The largest absolute Gasteiger partial charge is 0.239 e. The minimum Gasteiger partial charge on any atom is -0.207 e. The van der Waals surface area contributed by atoms with E-state index in [2.05, 4.69) is 0 Å². The summed E-state index contributed by atoms with van der Waals surface area (Å²) < 4.78 is 27.5. The molecule has 0 N–H and O–H groups in total. The first-order valence-electron chi connectivity index (χ1n) is 6.96. The second kappa shape index (κ2) is 6.16. The molecule has 0 unspecified atom stereocenters. The lowest BCUT2D eigenvalue weighted by Gasteiger charge is -2.22. The summed E-state index contributed by atoms with van der Waals surface area (Å²) in [6.45, 7) is 0.346. The lowest BCUT2D eigenvalue weighted by molar-refractivity contribution is 0.474. The molecule has 0 spiro atoms. The van der Waals surface area contributed by atoms with E-state index in [1.54, 1.807) is 19.2 Å². The van der Waals surface area contributed by atoms with Gasteiger partial charge in [-0.25, -0.2) is 8.42 Å². The smallest absolute Gasteiger partial charge is 0.207 e. The van der Waals surface area contributed by atoms with E-state index in [0.29, 0.717) is 22.2 Å². The van der Waals surface area contributed by atoms with Gasteiger partial charge in [0, 0.05) is 18.5 Å². The maximum absolute atomic E-state index is 12.7. The van der Waals surface area contributed by atoms with Gasteiger partial charge in [-0.1, -0.05) is 35.9 Å². The molecule has 22 heavy (non-hydrogen) atoms. The van der Waals surface area contributed by atoms with Crippen molar-refractivity contribution >= 4 is 39.0 Å². The maximum atomic E-state index is 12.7. The molecule has 0 aliphatic heterocycles. The number of allylic oxidation sites excluding steroid dienone is 1. The Labute approximate surface area is 139 Å². The highest BCUT2D eigenvalue weighted by Gasteiger charge is 2.26. The van der Waals surface area contributed by atoms with Crippen LogP contribution in [-0.2, 0) is 23.0 Å². The third-order valence-electron chi connectivity index (χ3n) is 3.76. The van der Waals surface area contributed by atoms with Gasteiger partial charge in [-0.2, -0.15) is 4.31 Å². The van der Waals surface area contributed by atoms with Gasteiger partial charge in [0.2, 0.25) is 10.0 Å². The fraction of sp³-hybridized carbons (Fsp3) is 0.250. The molecule has 0 saturated heterocycles. The Balaban J connectivity index is 1.85. The number of rotatable bonds is 4. The van der Waals surface area contributed by atoms with Gasteiger partial charge in [0.15, 0.2) is 0 Å². The number of nitrogens with zero attached hydrogens (tertiary/aromatic N) is 1. The highest BCUT2D eigenvalue weighted by Crippen LogP contribution is 2.30. The van der Waals surface area contributed by atoms with E-state index in [1.165, 1.54) is 21.2 Å². The van der Waals surface area contributed by atoms with E-state index in [9.17, 15) is 8.42 Å². The van der Waals surface area contributed by atoms with Gasteiger partial charge in [0.05, 0.1) is 9.24 Å². The van der Waals surface area contributed by atoms with E-state index < -0.39 is 10.0 Å². The molecule has 1 aromatic carbocycles. The Morgan fingerprint density at radius 2 is 1.95 bits per heavy atom. The first-order valence-corrected chi connectivity index (χ1v) is 9.59. The lowest BCUT2D eigenvalue weighted by atomic mass is 9.98. The summed E-state index contributed by atoms with van der Waals surface area (Å²) in [6, 6.07) is 11.6. The summed E-state index contributed by atoms with van der Waals surface area (Å²) in [5.41, 5.74) is 2.20. The summed E-state index contributed by atoms with van der Waals surface area (Å²) in [5.74, 6) is 0. The second-order valence-corrected chi connectivity index (χ2v) is 9.17. The van der Waals surface area contributed by atoms with Crippen molar-refractivity contribution in [3.8, 4) is 0 Å². The highest BCUT2D eigenvalue weighted by molar-refractivity contribution is 7.93. The summed E-state index contributed by atoms with van der Waals surface area (Å²) in [6.07, 6.45) is 3.11. The van der Waals surface area contributed by atoms with Crippen molar-refractivity contribution in [3.05, 3.63) is 61.6 Å². The number of hydrogen-bond donors (Lipinski definition) is 0. The van der Waals surface area contributed by atoms with E-state index >= 15 is 0 Å². The van der Waals surface area contributed by atoms with E-state index in [4.69, 9.17) is 11.6 Å². The van der Waals surface area contributed by atoms with Gasteiger partial charge in [0.1, 0.15) is 0 Å². The maximum Gasteiger partial charge on any atom is 0.239 e. The molecule has 6 heteroatoms. The van der Waals surface area contributed by atoms with Crippen molar-refractivity contribution in [2.24, 2.45) is 0 Å². The summed E-state index contributed by atoms with van der Waals surface area (Å²) in [7, 11) is -1.82. The van der Waals surface area contributed by atoms with Crippen molar-refractivity contribution in [3.63, 3.8) is 0 Å². The van der Waals surface area contributed by atoms with E-state index in [1.807, 2.05) is 30.3 Å². The molecule has 0 bridgehead atoms. The Kier molecular flexibility index (Phi) is 4.41. The highest BCUT2D eigenvalue weighted by atomic mass is 35.5.